The molecule has 20 heavy (non-hydrogen) atoms. The predicted molar refractivity (Wildman–Crippen MR) is 72.7 cm³/mol. The standard InChI is InChI=1S/C14H19F2N3O/c15-13(16)10-18-5-7-19(8-6-18)14(20)12-3-1-11(9-17)2-4-12/h1-4,13H,5-10,17H2. The van der Waals surface area contributed by atoms with Crippen molar-refractivity contribution in [2.24, 2.45) is 5.73 Å². The van der Waals surface area contributed by atoms with Crippen LogP contribution in [0.2, 0.25) is 0 Å². The van der Waals surface area contributed by atoms with Gasteiger partial charge < -0.3 is 10.6 Å². The average Bonchev–Trinajstić information content (AvgIpc) is 2.47. The van der Waals surface area contributed by atoms with Crippen LogP contribution in [0.25, 0.3) is 0 Å². The minimum absolute atomic E-state index is 0.0507. The Morgan fingerprint density at radius 3 is 2.25 bits per heavy atom. The monoisotopic (exact) mass is 283 g/mol. The first-order valence-corrected chi connectivity index (χ1v) is 6.69. The lowest BCUT2D eigenvalue weighted by Crippen LogP contribution is -2.49. The maximum absolute atomic E-state index is 12.3. The lowest BCUT2D eigenvalue weighted by atomic mass is 10.1. The molecular weight excluding hydrogens is 264 g/mol. The lowest BCUT2D eigenvalue weighted by Gasteiger charge is -2.34. The first-order valence-electron chi connectivity index (χ1n) is 6.69. The normalized spacial score (nSPS) is 16.7. The first kappa shape index (κ1) is 14.9. The molecule has 0 unspecified atom stereocenters. The zero-order valence-electron chi connectivity index (χ0n) is 11.3. The highest BCUT2D eigenvalue weighted by Crippen LogP contribution is 2.11. The highest BCUT2D eigenvalue weighted by atomic mass is 19.3. The first-order chi connectivity index (χ1) is 9.60. The number of nitrogens with two attached hydrogens (primary N) is 1. The van der Waals surface area contributed by atoms with Crippen molar-refractivity contribution in [1.29, 1.82) is 0 Å². The van der Waals surface area contributed by atoms with Crippen LogP contribution in [0.4, 0.5) is 8.78 Å². The third kappa shape index (κ3) is 3.74. The zero-order valence-corrected chi connectivity index (χ0v) is 11.3. The topological polar surface area (TPSA) is 49.6 Å². The molecule has 0 aliphatic carbocycles. The third-order valence-corrected chi connectivity index (χ3v) is 3.49. The van der Waals surface area contributed by atoms with Gasteiger partial charge in [0.25, 0.3) is 12.3 Å². The van der Waals surface area contributed by atoms with Crippen LogP contribution in [0, 0.1) is 0 Å². The van der Waals surface area contributed by atoms with E-state index in [1.807, 2.05) is 12.1 Å². The van der Waals surface area contributed by atoms with Gasteiger partial charge in [-0.2, -0.15) is 0 Å². The zero-order chi connectivity index (χ0) is 14.5. The number of carbonyl (C=O) groups excluding carboxylic acids is 1. The van der Waals surface area contributed by atoms with Crippen LogP contribution >= 0.6 is 0 Å². The number of amides is 1. The van der Waals surface area contributed by atoms with Crippen LogP contribution in [-0.4, -0.2) is 54.9 Å². The van der Waals surface area contributed by atoms with Crippen molar-refractivity contribution in [1.82, 2.24) is 9.80 Å². The fourth-order valence-corrected chi connectivity index (χ4v) is 2.29. The fourth-order valence-electron chi connectivity index (χ4n) is 2.29. The second-order valence-corrected chi connectivity index (χ2v) is 4.88. The molecule has 0 spiro atoms. The van der Waals surface area contributed by atoms with E-state index in [4.69, 9.17) is 5.73 Å². The summed E-state index contributed by atoms with van der Waals surface area (Å²) >= 11 is 0. The lowest BCUT2D eigenvalue weighted by molar-refractivity contribution is 0.0459. The van der Waals surface area contributed by atoms with Gasteiger partial charge in [-0.15, -0.1) is 0 Å². The number of rotatable bonds is 4. The summed E-state index contributed by atoms with van der Waals surface area (Å²) in [5.74, 6) is -0.0507. The Labute approximate surface area is 117 Å². The van der Waals surface area contributed by atoms with Crippen molar-refractivity contribution in [2.75, 3.05) is 32.7 Å². The van der Waals surface area contributed by atoms with E-state index < -0.39 is 6.43 Å². The Morgan fingerprint density at radius 1 is 1.15 bits per heavy atom. The van der Waals surface area contributed by atoms with Crippen molar-refractivity contribution in [3.05, 3.63) is 35.4 Å². The van der Waals surface area contributed by atoms with E-state index in [-0.39, 0.29) is 12.5 Å². The number of benzene rings is 1. The van der Waals surface area contributed by atoms with Crippen LogP contribution in [0.1, 0.15) is 15.9 Å². The number of nitrogens with zero attached hydrogens (tertiary/aromatic N) is 2. The number of hydrogen-bond donors (Lipinski definition) is 1. The van der Waals surface area contributed by atoms with Crippen LogP contribution in [0.3, 0.4) is 0 Å². The molecule has 0 atom stereocenters. The molecule has 1 aliphatic rings. The van der Waals surface area contributed by atoms with Gasteiger partial charge in [-0.25, -0.2) is 8.78 Å². The molecule has 0 radical (unpaired) electrons. The molecule has 1 aliphatic heterocycles. The Balaban J connectivity index is 1.90. The van der Waals surface area contributed by atoms with Crippen molar-refractivity contribution in [2.45, 2.75) is 13.0 Å². The van der Waals surface area contributed by atoms with E-state index in [2.05, 4.69) is 0 Å². The van der Waals surface area contributed by atoms with Crippen LogP contribution in [0.5, 0.6) is 0 Å². The second-order valence-electron chi connectivity index (χ2n) is 4.88. The summed E-state index contributed by atoms with van der Waals surface area (Å²) in [7, 11) is 0. The Kier molecular flexibility index (Phi) is 5.03. The van der Waals surface area contributed by atoms with Crippen molar-refractivity contribution in [3.63, 3.8) is 0 Å². The highest BCUT2D eigenvalue weighted by molar-refractivity contribution is 5.94. The Bertz CT molecular complexity index is 442. The SMILES string of the molecule is NCc1ccc(C(=O)N2CCN(CC(F)F)CC2)cc1. The molecule has 1 fully saturated rings. The van der Waals surface area contributed by atoms with E-state index in [9.17, 15) is 13.6 Å². The molecule has 2 rings (SSSR count). The molecule has 1 aromatic rings. The van der Waals surface area contributed by atoms with Gasteiger partial charge in [-0.1, -0.05) is 12.1 Å². The summed E-state index contributed by atoms with van der Waals surface area (Å²) in [6.07, 6.45) is -2.32. The molecule has 0 saturated carbocycles. The number of alkyl halides is 2. The summed E-state index contributed by atoms with van der Waals surface area (Å²) in [5.41, 5.74) is 7.10. The van der Waals surface area contributed by atoms with Crippen LogP contribution < -0.4 is 5.73 Å². The molecular formula is C14H19F2N3O. The van der Waals surface area contributed by atoms with E-state index in [0.29, 0.717) is 38.3 Å². The van der Waals surface area contributed by atoms with E-state index in [1.54, 1.807) is 21.9 Å². The van der Waals surface area contributed by atoms with Crippen molar-refractivity contribution >= 4 is 5.91 Å². The largest absolute Gasteiger partial charge is 0.336 e. The minimum atomic E-state index is -2.32. The van der Waals surface area contributed by atoms with Gasteiger partial charge in [0, 0.05) is 38.3 Å². The number of carbonyl (C=O) groups is 1. The molecule has 4 nitrogen and oxygen atoms in total. The smallest absolute Gasteiger partial charge is 0.253 e. The summed E-state index contributed by atoms with van der Waals surface area (Å²) in [5, 5.41) is 0. The molecule has 1 saturated heterocycles. The van der Waals surface area contributed by atoms with Gasteiger partial charge in [0.15, 0.2) is 0 Å². The summed E-state index contributed by atoms with van der Waals surface area (Å²) in [4.78, 5) is 15.7. The number of piperazine rings is 1. The van der Waals surface area contributed by atoms with Crippen molar-refractivity contribution < 1.29 is 13.6 Å². The molecule has 6 heteroatoms. The van der Waals surface area contributed by atoms with E-state index >= 15 is 0 Å². The fraction of sp³-hybridized carbons (Fsp3) is 0.500. The van der Waals surface area contributed by atoms with E-state index in [1.165, 1.54) is 0 Å². The van der Waals surface area contributed by atoms with Gasteiger partial charge in [0.05, 0.1) is 6.54 Å². The predicted octanol–water partition coefficient (Wildman–Crippen LogP) is 1.17. The summed E-state index contributed by atoms with van der Waals surface area (Å²) in [6, 6.07) is 7.19. The maximum atomic E-state index is 12.3. The summed E-state index contributed by atoms with van der Waals surface area (Å²) in [6.45, 7) is 2.20. The maximum Gasteiger partial charge on any atom is 0.253 e. The Hall–Kier alpha value is -1.53. The van der Waals surface area contributed by atoms with Gasteiger partial charge in [-0.05, 0) is 17.7 Å². The van der Waals surface area contributed by atoms with Crippen molar-refractivity contribution in [3.8, 4) is 0 Å². The molecule has 2 N–H and O–H groups in total. The number of hydrogen-bond acceptors (Lipinski definition) is 3. The summed E-state index contributed by atoms with van der Waals surface area (Å²) < 4.78 is 24.6. The highest BCUT2D eigenvalue weighted by Gasteiger charge is 2.23. The molecule has 1 aromatic carbocycles. The molecule has 1 heterocycles. The van der Waals surface area contributed by atoms with Crippen LogP contribution in [-0.2, 0) is 6.54 Å². The average molecular weight is 283 g/mol. The van der Waals surface area contributed by atoms with Gasteiger partial charge in [0.1, 0.15) is 0 Å². The van der Waals surface area contributed by atoms with Gasteiger partial charge in [0.2, 0.25) is 0 Å². The molecule has 1 amide bonds. The number of halogens is 2. The van der Waals surface area contributed by atoms with Crippen LogP contribution in [0.15, 0.2) is 24.3 Å². The quantitative estimate of drug-likeness (QED) is 0.902. The van der Waals surface area contributed by atoms with Gasteiger partial charge >= 0.3 is 0 Å². The molecule has 110 valence electrons. The Morgan fingerprint density at radius 2 is 1.75 bits per heavy atom. The minimum Gasteiger partial charge on any atom is -0.336 e. The van der Waals surface area contributed by atoms with Gasteiger partial charge in [-0.3, -0.25) is 9.69 Å². The second kappa shape index (κ2) is 6.76. The van der Waals surface area contributed by atoms with E-state index in [0.717, 1.165) is 5.56 Å². The third-order valence-electron chi connectivity index (χ3n) is 3.49. The molecule has 0 bridgehead atoms. The molecule has 0 aromatic heterocycles.